The van der Waals surface area contributed by atoms with Gasteiger partial charge >= 0.3 is 0 Å². The van der Waals surface area contributed by atoms with Gasteiger partial charge in [0.25, 0.3) is 0 Å². The maximum atomic E-state index is 5.45. The maximum absolute atomic E-state index is 5.45. The lowest BCUT2D eigenvalue weighted by Crippen LogP contribution is -1.96. The van der Waals surface area contributed by atoms with Gasteiger partial charge in [-0.2, -0.15) is 0 Å². The Hall–Kier alpha value is -1.28. The van der Waals surface area contributed by atoms with Crippen LogP contribution in [0.4, 0.5) is 0 Å². The number of ether oxygens (including phenoxy) is 1. The van der Waals surface area contributed by atoms with Gasteiger partial charge in [0.2, 0.25) is 0 Å². The van der Waals surface area contributed by atoms with E-state index in [4.69, 9.17) is 10.5 Å². The fraction of sp³-hybridized carbons (Fsp3) is 0.429. The van der Waals surface area contributed by atoms with Crippen molar-refractivity contribution in [3.05, 3.63) is 35.4 Å². The van der Waals surface area contributed by atoms with Crippen molar-refractivity contribution in [2.45, 2.75) is 26.2 Å². The molecular weight excluding hydrogens is 198 g/mol. The van der Waals surface area contributed by atoms with Crippen molar-refractivity contribution in [3.63, 3.8) is 0 Å². The highest BCUT2D eigenvalue weighted by Gasteiger charge is 2.06. The molecule has 0 atom stereocenters. The monoisotopic (exact) mass is 219 g/mol. The Morgan fingerprint density at radius 3 is 2.69 bits per heavy atom. The molecule has 1 aromatic carbocycles. The van der Waals surface area contributed by atoms with Gasteiger partial charge in [0.1, 0.15) is 5.75 Å². The standard InChI is InChI=1S/C14H21NO/c1-11(2)13-10-12(6-4-5-9-15)7-8-14(13)16-3/h4,6-8,10-11H,5,9,15H2,1-3H3/b6-4+. The Bertz CT molecular complexity index is 356. The second-order valence-corrected chi connectivity index (χ2v) is 4.14. The summed E-state index contributed by atoms with van der Waals surface area (Å²) < 4.78 is 5.34. The molecule has 1 rings (SSSR count). The minimum atomic E-state index is 0.470. The number of rotatable bonds is 5. The van der Waals surface area contributed by atoms with E-state index in [0.717, 1.165) is 12.2 Å². The molecule has 2 N–H and O–H groups in total. The molecular formula is C14H21NO. The molecule has 0 aromatic heterocycles. The van der Waals surface area contributed by atoms with Crippen molar-refractivity contribution in [2.75, 3.05) is 13.7 Å². The summed E-state index contributed by atoms with van der Waals surface area (Å²) in [5.41, 5.74) is 7.90. The van der Waals surface area contributed by atoms with Gasteiger partial charge in [0.15, 0.2) is 0 Å². The highest BCUT2D eigenvalue weighted by atomic mass is 16.5. The molecule has 0 aliphatic heterocycles. The van der Waals surface area contributed by atoms with E-state index in [1.807, 2.05) is 6.07 Å². The molecule has 2 nitrogen and oxygen atoms in total. The van der Waals surface area contributed by atoms with Gasteiger partial charge in [-0.25, -0.2) is 0 Å². The summed E-state index contributed by atoms with van der Waals surface area (Å²) in [5.74, 6) is 1.43. The number of hydrogen-bond acceptors (Lipinski definition) is 2. The third-order valence-electron chi connectivity index (χ3n) is 2.52. The van der Waals surface area contributed by atoms with Crippen LogP contribution in [0.3, 0.4) is 0 Å². The van der Waals surface area contributed by atoms with E-state index >= 15 is 0 Å². The summed E-state index contributed by atoms with van der Waals surface area (Å²) in [6.07, 6.45) is 5.13. The van der Waals surface area contributed by atoms with Gasteiger partial charge in [0, 0.05) is 0 Å². The quantitative estimate of drug-likeness (QED) is 0.825. The topological polar surface area (TPSA) is 35.2 Å². The van der Waals surface area contributed by atoms with E-state index in [2.05, 4.69) is 38.1 Å². The van der Waals surface area contributed by atoms with Crippen molar-refractivity contribution in [3.8, 4) is 5.75 Å². The van der Waals surface area contributed by atoms with Crippen LogP contribution in [-0.2, 0) is 0 Å². The van der Waals surface area contributed by atoms with Crippen LogP contribution >= 0.6 is 0 Å². The molecule has 0 unspecified atom stereocenters. The number of benzene rings is 1. The fourth-order valence-corrected chi connectivity index (χ4v) is 1.62. The second-order valence-electron chi connectivity index (χ2n) is 4.14. The highest BCUT2D eigenvalue weighted by Crippen LogP contribution is 2.27. The molecule has 0 amide bonds. The summed E-state index contributed by atoms with van der Waals surface area (Å²) >= 11 is 0. The van der Waals surface area contributed by atoms with Gasteiger partial charge in [0.05, 0.1) is 7.11 Å². The Labute approximate surface area is 98.1 Å². The Morgan fingerprint density at radius 2 is 2.12 bits per heavy atom. The molecule has 0 saturated heterocycles. The van der Waals surface area contributed by atoms with Gasteiger partial charge < -0.3 is 10.5 Å². The molecule has 0 radical (unpaired) electrons. The number of methoxy groups -OCH3 is 1. The van der Waals surface area contributed by atoms with Crippen molar-refractivity contribution in [1.82, 2.24) is 0 Å². The largest absolute Gasteiger partial charge is 0.496 e. The van der Waals surface area contributed by atoms with Gasteiger partial charge in [-0.3, -0.25) is 0 Å². The summed E-state index contributed by atoms with van der Waals surface area (Å²) in [7, 11) is 1.71. The predicted octanol–water partition coefficient (Wildman–Crippen LogP) is 3.18. The van der Waals surface area contributed by atoms with Crippen LogP contribution in [0.1, 0.15) is 37.3 Å². The third kappa shape index (κ3) is 3.38. The smallest absolute Gasteiger partial charge is 0.122 e. The molecule has 0 spiro atoms. The molecule has 0 saturated carbocycles. The lowest BCUT2D eigenvalue weighted by Gasteiger charge is -2.12. The summed E-state index contributed by atoms with van der Waals surface area (Å²) in [4.78, 5) is 0. The summed E-state index contributed by atoms with van der Waals surface area (Å²) in [6, 6.07) is 6.27. The van der Waals surface area contributed by atoms with Crippen LogP contribution in [0.2, 0.25) is 0 Å². The highest BCUT2D eigenvalue weighted by molar-refractivity contribution is 5.54. The maximum Gasteiger partial charge on any atom is 0.122 e. The SMILES string of the molecule is COc1ccc(/C=C/CCN)cc1C(C)C. The first-order chi connectivity index (χ1) is 7.69. The minimum absolute atomic E-state index is 0.470. The van der Waals surface area contributed by atoms with Crippen LogP contribution in [0.25, 0.3) is 6.08 Å². The Balaban J connectivity index is 2.93. The number of nitrogens with two attached hydrogens (primary N) is 1. The second kappa shape index (κ2) is 6.33. The zero-order valence-electron chi connectivity index (χ0n) is 10.4. The first kappa shape index (κ1) is 12.8. The Morgan fingerprint density at radius 1 is 1.38 bits per heavy atom. The van der Waals surface area contributed by atoms with Gasteiger partial charge in [-0.15, -0.1) is 0 Å². The molecule has 16 heavy (non-hydrogen) atoms. The van der Waals surface area contributed by atoms with E-state index in [1.54, 1.807) is 7.11 Å². The van der Waals surface area contributed by atoms with Crippen molar-refractivity contribution >= 4 is 6.08 Å². The molecule has 1 aromatic rings. The minimum Gasteiger partial charge on any atom is -0.496 e. The van der Waals surface area contributed by atoms with E-state index in [9.17, 15) is 0 Å². The fourth-order valence-electron chi connectivity index (χ4n) is 1.62. The summed E-state index contributed by atoms with van der Waals surface area (Å²) in [6.45, 7) is 5.04. The average molecular weight is 219 g/mol. The number of hydrogen-bond donors (Lipinski definition) is 1. The van der Waals surface area contributed by atoms with Crippen molar-refractivity contribution in [2.24, 2.45) is 5.73 Å². The van der Waals surface area contributed by atoms with Crippen LogP contribution in [0.5, 0.6) is 5.75 Å². The first-order valence-electron chi connectivity index (χ1n) is 5.73. The zero-order chi connectivity index (χ0) is 12.0. The molecule has 88 valence electrons. The van der Waals surface area contributed by atoms with Crippen LogP contribution in [-0.4, -0.2) is 13.7 Å². The zero-order valence-corrected chi connectivity index (χ0v) is 10.4. The van der Waals surface area contributed by atoms with Crippen LogP contribution < -0.4 is 10.5 Å². The van der Waals surface area contributed by atoms with Crippen molar-refractivity contribution < 1.29 is 4.74 Å². The van der Waals surface area contributed by atoms with Gasteiger partial charge in [-0.1, -0.05) is 32.1 Å². The third-order valence-corrected chi connectivity index (χ3v) is 2.52. The molecule has 0 aliphatic rings. The Kier molecular flexibility index (Phi) is 5.06. The summed E-state index contributed by atoms with van der Waals surface area (Å²) in [5, 5.41) is 0. The van der Waals surface area contributed by atoms with E-state index in [1.165, 1.54) is 11.1 Å². The molecule has 0 bridgehead atoms. The van der Waals surface area contributed by atoms with E-state index in [-0.39, 0.29) is 0 Å². The lowest BCUT2D eigenvalue weighted by atomic mass is 9.99. The average Bonchev–Trinajstić information content (AvgIpc) is 2.29. The molecule has 0 aliphatic carbocycles. The van der Waals surface area contributed by atoms with Crippen LogP contribution in [0, 0.1) is 0 Å². The van der Waals surface area contributed by atoms with Crippen molar-refractivity contribution in [1.29, 1.82) is 0 Å². The van der Waals surface area contributed by atoms with Crippen LogP contribution in [0.15, 0.2) is 24.3 Å². The molecule has 0 heterocycles. The predicted molar refractivity (Wildman–Crippen MR) is 69.8 cm³/mol. The van der Waals surface area contributed by atoms with E-state index in [0.29, 0.717) is 12.5 Å². The molecule has 0 fully saturated rings. The lowest BCUT2D eigenvalue weighted by molar-refractivity contribution is 0.407. The van der Waals surface area contributed by atoms with E-state index < -0.39 is 0 Å². The van der Waals surface area contributed by atoms with Gasteiger partial charge in [-0.05, 0) is 42.1 Å². The first-order valence-corrected chi connectivity index (χ1v) is 5.73. The molecule has 2 heteroatoms. The normalized spacial score (nSPS) is 11.3.